The number of aromatic nitrogens is 1. The molecule has 0 radical (unpaired) electrons. The maximum Gasteiger partial charge on any atom is 0.513 e. The number of Topliss-reactive ketones (excluding diaryl/α,β-unsaturated/α-hetero) is 2. The van der Waals surface area contributed by atoms with Gasteiger partial charge in [-0.15, -0.1) is 0 Å². The number of ether oxygens (including phenoxy) is 2. The number of aromatic amines is 1. The predicted octanol–water partition coefficient (Wildman–Crippen LogP) is 4.29. The molecule has 2 aromatic carbocycles. The molecular weight excluding hydrogens is 408 g/mol. The summed E-state index contributed by atoms with van der Waals surface area (Å²) >= 11 is 0. The Kier molecular flexibility index (Phi) is 6.47. The molecule has 0 amide bonds. The molecule has 0 bridgehead atoms. The van der Waals surface area contributed by atoms with Gasteiger partial charge in [0, 0.05) is 36.5 Å². The van der Waals surface area contributed by atoms with Gasteiger partial charge in [0.25, 0.3) is 0 Å². The van der Waals surface area contributed by atoms with E-state index in [1.54, 1.807) is 24.4 Å². The molecule has 7 nitrogen and oxygen atoms in total. The zero-order valence-electron chi connectivity index (χ0n) is 17.7. The SMILES string of the molecule is COC(=O)Oc1cccc2c(C(=O)CCC(=O)C3CC(c4ccccc4)=CCN3)c[nH]c12. The van der Waals surface area contributed by atoms with Gasteiger partial charge in [0.05, 0.1) is 18.7 Å². The Morgan fingerprint density at radius 2 is 1.84 bits per heavy atom. The molecule has 1 aliphatic heterocycles. The third kappa shape index (κ3) is 4.63. The van der Waals surface area contributed by atoms with Crippen molar-refractivity contribution in [2.45, 2.75) is 25.3 Å². The topological polar surface area (TPSA) is 97.5 Å². The van der Waals surface area contributed by atoms with E-state index in [1.165, 1.54) is 7.11 Å². The summed E-state index contributed by atoms with van der Waals surface area (Å²) in [5.74, 6) is 0.153. The molecule has 164 valence electrons. The number of fused-ring (bicyclic) bond motifs is 1. The van der Waals surface area contributed by atoms with Crippen LogP contribution in [-0.4, -0.2) is 42.4 Å². The number of ketones is 2. The zero-order chi connectivity index (χ0) is 22.5. The molecule has 0 saturated heterocycles. The van der Waals surface area contributed by atoms with Gasteiger partial charge in [0.2, 0.25) is 0 Å². The van der Waals surface area contributed by atoms with E-state index in [0.29, 0.717) is 29.4 Å². The molecule has 4 rings (SSSR count). The van der Waals surface area contributed by atoms with Crippen molar-refractivity contribution in [2.24, 2.45) is 0 Å². The first kappa shape index (κ1) is 21.5. The number of rotatable bonds is 7. The van der Waals surface area contributed by atoms with Crippen molar-refractivity contribution in [3.05, 3.63) is 71.9 Å². The van der Waals surface area contributed by atoms with Crippen LogP contribution in [0.3, 0.4) is 0 Å². The van der Waals surface area contributed by atoms with Crippen LogP contribution in [0.4, 0.5) is 4.79 Å². The van der Waals surface area contributed by atoms with E-state index in [9.17, 15) is 14.4 Å². The molecule has 0 saturated carbocycles. The average Bonchev–Trinajstić information content (AvgIpc) is 3.28. The highest BCUT2D eigenvalue weighted by molar-refractivity contribution is 6.10. The molecule has 32 heavy (non-hydrogen) atoms. The van der Waals surface area contributed by atoms with Gasteiger partial charge in [-0.1, -0.05) is 48.5 Å². The van der Waals surface area contributed by atoms with Crippen molar-refractivity contribution < 1.29 is 23.9 Å². The molecule has 3 aromatic rings. The number of H-pyrrole nitrogens is 1. The molecule has 2 heterocycles. The fourth-order valence-electron chi connectivity index (χ4n) is 3.93. The molecule has 1 atom stereocenters. The van der Waals surface area contributed by atoms with Gasteiger partial charge in [0.15, 0.2) is 17.3 Å². The van der Waals surface area contributed by atoms with Crippen LogP contribution >= 0.6 is 0 Å². The monoisotopic (exact) mass is 432 g/mol. The Bertz CT molecular complexity index is 1180. The summed E-state index contributed by atoms with van der Waals surface area (Å²) in [5.41, 5.74) is 3.25. The van der Waals surface area contributed by atoms with Gasteiger partial charge in [-0.3, -0.25) is 9.59 Å². The fraction of sp³-hybridized carbons (Fsp3) is 0.240. The summed E-state index contributed by atoms with van der Waals surface area (Å²) in [7, 11) is 1.23. The van der Waals surface area contributed by atoms with Crippen molar-refractivity contribution in [3.8, 4) is 5.75 Å². The molecule has 7 heteroatoms. The van der Waals surface area contributed by atoms with Gasteiger partial charge < -0.3 is 19.8 Å². The summed E-state index contributed by atoms with van der Waals surface area (Å²) < 4.78 is 9.65. The molecule has 1 aliphatic rings. The average molecular weight is 432 g/mol. The lowest BCUT2D eigenvalue weighted by Gasteiger charge is -2.23. The summed E-state index contributed by atoms with van der Waals surface area (Å²) in [4.78, 5) is 40.1. The number of hydrogen-bond acceptors (Lipinski definition) is 6. The van der Waals surface area contributed by atoms with Gasteiger partial charge in [-0.05, 0) is 23.6 Å². The van der Waals surface area contributed by atoms with Crippen LogP contribution < -0.4 is 10.1 Å². The van der Waals surface area contributed by atoms with Gasteiger partial charge in [-0.2, -0.15) is 0 Å². The van der Waals surface area contributed by atoms with Crippen molar-refractivity contribution in [1.82, 2.24) is 10.3 Å². The van der Waals surface area contributed by atoms with Crippen LogP contribution in [0.2, 0.25) is 0 Å². The van der Waals surface area contributed by atoms with Crippen molar-refractivity contribution in [3.63, 3.8) is 0 Å². The first-order chi connectivity index (χ1) is 15.6. The summed E-state index contributed by atoms with van der Waals surface area (Å²) in [6, 6.07) is 14.8. The van der Waals surface area contributed by atoms with Gasteiger partial charge >= 0.3 is 6.16 Å². The van der Waals surface area contributed by atoms with E-state index in [2.05, 4.69) is 21.1 Å². The maximum atomic E-state index is 12.8. The number of carbonyl (C=O) groups excluding carboxylic acids is 3. The van der Waals surface area contributed by atoms with Crippen LogP contribution in [0, 0.1) is 0 Å². The smallest absolute Gasteiger partial charge is 0.437 e. The number of carbonyl (C=O) groups is 3. The van der Waals surface area contributed by atoms with E-state index >= 15 is 0 Å². The highest BCUT2D eigenvalue weighted by Crippen LogP contribution is 2.29. The minimum atomic E-state index is -0.838. The van der Waals surface area contributed by atoms with E-state index in [4.69, 9.17) is 4.74 Å². The third-order valence-electron chi connectivity index (χ3n) is 5.61. The highest BCUT2D eigenvalue weighted by atomic mass is 16.7. The van der Waals surface area contributed by atoms with Crippen molar-refractivity contribution in [1.29, 1.82) is 0 Å². The second-order valence-corrected chi connectivity index (χ2v) is 7.59. The first-order valence-corrected chi connectivity index (χ1v) is 10.5. The van der Waals surface area contributed by atoms with Gasteiger partial charge in [-0.25, -0.2) is 4.79 Å². The van der Waals surface area contributed by atoms with Crippen LogP contribution in [0.5, 0.6) is 5.75 Å². The predicted molar refractivity (Wildman–Crippen MR) is 121 cm³/mol. The fourth-order valence-corrected chi connectivity index (χ4v) is 3.93. The van der Waals surface area contributed by atoms with Crippen LogP contribution in [0.15, 0.2) is 60.8 Å². The number of hydrogen-bond donors (Lipinski definition) is 2. The van der Waals surface area contributed by atoms with Gasteiger partial charge in [0.1, 0.15) is 0 Å². The number of nitrogens with one attached hydrogen (secondary N) is 2. The molecule has 0 fully saturated rings. The lowest BCUT2D eigenvalue weighted by molar-refractivity contribution is -0.120. The third-order valence-corrected chi connectivity index (χ3v) is 5.61. The Morgan fingerprint density at radius 1 is 1.03 bits per heavy atom. The standard InChI is InChI=1S/C25H24N2O5/c1-31-25(30)32-23-9-5-8-18-19(15-27-24(18)23)21(28)10-11-22(29)20-14-17(12-13-26-20)16-6-3-2-4-7-16/h2-9,12,15,20,26-27H,10-11,13-14H2,1H3. The van der Waals surface area contributed by atoms with Crippen molar-refractivity contribution >= 4 is 34.2 Å². The number of methoxy groups -OCH3 is 1. The lowest BCUT2D eigenvalue weighted by Crippen LogP contribution is -2.39. The van der Waals surface area contributed by atoms with E-state index in [0.717, 1.165) is 11.1 Å². The Labute approximate surface area is 185 Å². The normalized spacial score (nSPS) is 15.8. The zero-order valence-corrected chi connectivity index (χ0v) is 17.7. The highest BCUT2D eigenvalue weighted by Gasteiger charge is 2.24. The Morgan fingerprint density at radius 3 is 2.62 bits per heavy atom. The number of para-hydroxylation sites is 1. The van der Waals surface area contributed by atoms with Crippen LogP contribution in [-0.2, 0) is 9.53 Å². The summed E-state index contributed by atoms with van der Waals surface area (Å²) in [6.07, 6.45) is 3.72. The minimum Gasteiger partial charge on any atom is -0.437 e. The molecule has 0 spiro atoms. The van der Waals surface area contributed by atoms with Crippen LogP contribution in [0.1, 0.15) is 35.2 Å². The molecule has 1 aromatic heterocycles. The Hall–Kier alpha value is -3.71. The quantitative estimate of drug-likeness (QED) is 0.328. The summed E-state index contributed by atoms with van der Waals surface area (Å²) in [5, 5.41) is 3.87. The second-order valence-electron chi connectivity index (χ2n) is 7.59. The van der Waals surface area contributed by atoms with Crippen LogP contribution in [0.25, 0.3) is 16.5 Å². The summed E-state index contributed by atoms with van der Waals surface area (Å²) in [6.45, 7) is 0.625. The molecular formula is C25H24N2O5. The Balaban J connectivity index is 1.40. The molecule has 1 unspecified atom stereocenters. The van der Waals surface area contributed by atoms with E-state index in [1.807, 2.05) is 30.3 Å². The van der Waals surface area contributed by atoms with E-state index in [-0.39, 0.29) is 36.2 Å². The largest absolute Gasteiger partial charge is 0.513 e. The first-order valence-electron chi connectivity index (χ1n) is 10.5. The molecule has 2 N–H and O–H groups in total. The minimum absolute atomic E-state index is 0.0226. The maximum absolute atomic E-state index is 12.8. The molecule has 0 aliphatic carbocycles. The van der Waals surface area contributed by atoms with Crippen molar-refractivity contribution in [2.75, 3.05) is 13.7 Å². The van der Waals surface area contributed by atoms with E-state index < -0.39 is 6.16 Å². The second kappa shape index (κ2) is 9.62. The number of benzene rings is 2. The lowest BCUT2D eigenvalue weighted by atomic mass is 9.91.